The first-order valence-electron chi connectivity index (χ1n) is 9.94. The van der Waals surface area contributed by atoms with Crippen LogP contribution in [0.25, 0.3) is 17.1 Å². The molecule has 12 heteroatoms. The average molecular weight is 499 g/mol. The molecule has 174 valence electrons. The first-order valence-corrected chi connectivity index (χ1v) is 12.4. The number of nitrogens with one attached hydrogen (secondary N) is 1. The number of hydrogen-bond acceptors (Lipinski definition) is 7. The topological polar surface area (TPSA) is 133 Å². The zero-order valence-corrected chi connectivity index (χ0v) is 19.4. The lowest BCUT2D eigenvalue weighted by atomic mass is 10.2. The number of benzene rings is 2. The van der Waals surface area contributed by atoms with E-state index >= 15 is 0 Å². The Kier molecular flexibility index (Phi) is 6.72. The standard InChI is InChI=1S/C22H19FN6O3S2/c1-14(21(30)26-17-4-8-19(9-5-17)34(24,31)32)33-22-28-27-20(15-10-12-25-13-11-15)29(22)18-6-2-16(23)3-7-18/h2-14H,1H3,(H,26,30)(H2,24,31,32). The number of sulfonamides is 1. The molecule has 0 aliphatic heterocycles. The van der Waals surface area contributed by atoms with Crippen LogP contribution in [0.5, 0.6) is 0 Å². The van der Waals surface area contributed by atoms with Crippen molar-refractivity contribution in [3.63, 3.8) is 0 Å². The molecule has 0 aliphatic carbocycles. The first kappa shape index (κ1) is 23.5. The van der Waals surface area contributed by atoms with Gasteiger partial charge in [0.1, 0.15) is 5.82 Å². The summed E-state index contributed by atoms with van der Waals surface area (Å²) in [7, 11) is -3.82. The number of hydrogen-bond donors (Lipinski definition) is 2. The molecule has 0 fully saturated rings. The Morgan fingerprint density at radius 1 is 1.03 bits per heavy atom. The second kappa shape index (κ2) is 9.71. The van der Waals surface area contributed by atoms with Gasteiger partial charge in [-0.25, -0.2) is 17.9 Å². The average Bonchev–Trinajstić information content (AvgIpc) is 3.23. The Bertz CT molecular complexity index is 1410. The highest BCUT2D eigenvalue weighted by molar-refractivity contribution is 8.00. The number of primary sulfonamides is 1. The van der Waals surface area contributed by atoms with Crippen molar-refractivity contribution < 1.29 is 17.6 Å². The summed E-state index contributed by atoms with van der Waals surface area (Å²) < 4.78 is 38.1. The Morgan fingerprint density at radius 3 is 2.29 bits per heavy atom. The first-order chi connectivity index (χ1) is 16.2. The van der Waals surface area contributed by atoms with Crippen LogP contribution in [0, 0.1) is 5.82 Å². The fourth-order valence-corrected chi connectivity index (χ4v) is 4.42. The van der Waals surface area contributed by atoms with Gasteiger partial charge in [0.2, 0.25) is 15.9 Å². The van der Waals surface area contributed by atoms with E-state index in [1.165, 1.54) is 48.2 Å². The third kappa shape index (κ3) is 5.30. The molecule has 0 radical (unpaired) electrons. The molecule has 2 aromatic heterocycles. The maximum atomic E-state index is 13.5. The smallest absolute Gasteiger partial charge is 0.238 e. The minimum Gasteiger partial charge on any atom is -0.325 e. The lowest BCUT2D eigenvalue weighted by Crippen LogP contribution is -2.23. The monoisotopic (exact) mass is 498 g/mol. The molecule has 0 saturated carbocycles. The van der Waals surface area contributed by atoms with E-state index < -0.39 is 15.3 Å². The zero-order chi connectivity index (χ0) is 24.3. The van der Waals surface area contributed by atoms with Crippen LogP contribution in [0.15, 0.2) is 83.1 Å². The molecule has 1 amide bonds. The molecule has 0 aliphatic rings. The van der Waals surface area contributed by atoms with Crippen LogP contribution in [0.3, 0.4) is 0 Å². The highest BCUT2D eigenvalue weighted by atomic mass is 32.2. The number of aromatic nitrogens is 4. The quantitative estimate of drug-likeness (QED) is 0.374. The van der Waals surface area contributed by atoms with E-state index in [2.05, 4.69) is 20.5 Å². The maximum Gasteiger partial charge on any atom is 0.238 e. The minimum atomic E-state index is -3.82. The van der Waals surface area contributed by atoms with E-state index in [9.17, 15) is 17.6 Å². The summed E-state index contributed by atoms with van der Waals surface area (Å²) in [6, 6.07) is 15.0. The minimum absolute atomic E-state index is 0.0519. The van der Waals surface area contributed by atoms with Crippen molar-refractivity contribution >= 4 is 33.4 Å². The van der Waals surface area contributed by atoms with Gasteiger partial charge >= 0.3 is 0 Å². The molecule has 1 unspecified atom stereocenters. The highest BCUT2D eigenvalue weighted by Crippen LogP contribution is 2.30. The summed E-state index contributed by atoms with van der Waals surface area (Å²) in [5.41, 5.74) is 1.81. The summed E-state index contributed by atoms with van der Waals surface area (Å²) in [6.07, 6.45) is 3.26. The number of thioether (sulfide) groups is 1. The van der Waals surface area contributed by atoms with Crippen molar-refractivity contribution in [3.05, 3.63) is 78.9 Å². The number of carbonyl (C=O) groups is 1. The van der Waals surface area contributed by atoms with Crippen molar-refractivity contribution in [2.24, 2.45) is 5.14 Å². The van der Waals surface area contributed by atoms with E-state index in [-0.39, 0.29) is 16.6 Å². The predicted molar refractivity (Wildman–Crippen MR) is 126 cm³/mol. The molecule has 9 nitrogen and oxygen atoms in total. The van der Waals surface area contributed by atoms with Gasteiger partial charge in [0, 0.05) is 29.3 Å². The maximum absolute atomic E-state index is 13.5. The number of amides is 1. The SMILES string of the molecule is CC(Sc1nnc(-c2ccncc2)n1-c1ccc(F)cc1)C(=O)Nc1ccc(S(N)(=O)=O)cc1. The van der Waals surface area contributed by atoms with Crippen molar-refractivity contribution in [2.45, 2.75) is 22.2 Å². The van der Waals surface area contributed by atoms with Gasteiger partial charge in [0.15, 0.2) is 11.0 Å². The molecule has 2 aromatic carbocycles. The van der Waals surface area contributed by atoms with Crippen LogP contribution < -0.4 is 10.5 Å². The van der Waals surface area contributed by atoms with Crippen LogP contribution in [-0.4, -0.2) is 39.3 Å². The van der Waals surface area contributed by atoms with Crippen LogP contribution in [0.1, 0.15) is 6.92 Å². The van der Waals surface area contributed by atoms with Gasteiger partial charge in [-0.1, -0.05) is 11.8 Å². The Hall–Kier alpha value is -3.61. The summed E-state index contributed by atoms with van der Waals surface area (Å²) in [5.74, 6) is -0.187. The molecule has 34 heavy (non-hydrogen) atoms. The molecule has 4 rings (SSSR count). The second-order valence-corrected chi connectivity index (χ2v) is 10.0. The third-order valence-electron chi connectivity index (χ3n) is 4.76. The molecule has 0 bridgehead atoms. The number of nitrogens with zero attached hydrogens (tertiary/aromatic N) is 4. The molecule has 4 aromatic rings. The second-order valence-electron chi connectivity index (χ2n) is 7.17. The zero-order valence-electron chi connectivity index (χ0n) is 17.8. The van der Waals surface area contributed by atoms with Gasteiger partial charge in [0.25, 0.3) is 0 Å². The van der Waals surface area contributed by atoms with Crippen LogP contribution in [0.4, 0.5) is 10.1 Å². The number of carbonyl (C=O) groups excluding carboxylic acids is 1. The van der Waals surface area contributed by atoms with Gasteiger partial charge in [-0.15, -0.1) is 10.2 Å². The number of rotatable bonds is 7. The fourth-order valence-electron chi connectivity index (χ4n) is 3.04. The number of halogens is 1. The Morgan fingerprint density at radius 2 is 1.68 bits per heavy atom. The van der Waals surface area contributed by atoms with Gasteiger partial charge < -0.3 is 5.32 Å². The van der Waals surface area contributed by atoms with Crippen molar-refractivity contribution in [3.8, 4) is 17.1 Å². The predicted octanol–water partition coefficient (Wildman–Crippen LogP) is 3.24. The van der Waals surface area contributed by atoms with Crippen molar-refractivity contribution in [2.75, 3.05) is 5.32 Å². The highest BCUT2D eigenvalue weighted by Gasteiger charge is 2.22. The normalized spacial score (nSPS) is 12.3. The summed E-state index contributed by atoms with van der Waals surface area (Å²) in [6.45, 7) is 1.70. The van der Waals surface area contributed by atoms with E-state index in [1.807, 2.05) is 0 Å². The molecule has 3 N–H and O–H groups in total. The fraction of sp³-hybridized carbons (Fsp3) is 0.0909. The van der Waals surface area contributed by atoms with Crippen LogP contribution in [0.2, 0.25) is 0 Å². The number of nitrogens with two attached hydrogens (primary N) is 1. The van der Waals surface area contributed by atoms with Gasteiger partial charge in [-0.3, -0.25) is 14.3 Å². The van der Waals surface area contributed by atoms with E-state index in [4.69, 9.17) is 5.14 Å². The van der Waals surface area contributed by atoms with E-state index in [0.29, 0.717) is 22.4 Å². The Labute approximate surface area is 199 Å². The number of pyridine rings is 1. The molecular weight excluding hydrogens is 479 g/mol. The van der Waals surface area contributed by atoms with E-state index in [1.54, 1.807) is 48.1 Å². The van der Waals surface area contributed by atoms with Gasteiger partial charge in [0.05, 0.1) is 10.1 Å². The van der Waals surface area contributed by atoms with Gasteiger partial charge in [-0.2, -0.15) is 0 Å². The number of anilines is 1. The molecule has 2 heterocycles. The summed E-state index contributed by atoms with van der Waals surface area (Å²) in [4.78, 5) is 16.7. The molecule has 0 saturated heterocycles. The van der Waals surface area contributed by atoms with Crippen molar-refractivity contribution in [1.29, 1.82) is 0 Å². The van der Waals surface area contributed by atoms with Gasteiger partial charge in [-0.05, 0) is 67.6 Å². The lowest BCUT2D eigenvalue weighted by Gasteiger charge is -2.14. The lowest BCUT2D eigenvalue weighted by molar-refractivity contribution is -0.115. The molecule has 0 spiro atoms. The van der Waals surface area contributed by atoms with E-state index in [0.717, 1.165) is 5.56 Å². The van der Waals surface area contributed by atoms with Crippen LogP contribution in [-0.2, 0) is 14.8 Å². The van der Waals surface area contributed by atoms with Crippen LogP contribution >= 0.6 is 11.8 Å². The largest absolute Gasteiger partial charge is 0.325 e. The third-order valence-corrected chi connectivity index (χ3v) is 6.73. The Balaban J connectivity index is 1.58. The molecular formula is C22H19FN6O3S2. The summed E-state index contributed by atoms with van der Waals surface area (Å²) >= 11 is 1.17. The van der Waals surface area contributed by atoms with Crippen molar-refractivity contribution in [1.82, 2.24) is 19.7 Å². The summed E-state index contributed by atoms with van der Waals surface area (Å²) in [5, 5.41) is 16.2. The molecule has 1 atom stereocenters.